The third-order valence-corrected chi connectivity index (χ3v) is 4.17. The molecule has 0 spiro atoms. The van der Waals surface area contributed by atoms with Gasteiger partial charge in [-0.2, -0.15) is 0 Å². The van der Waals surface area contributed by atoms with E-state index in [-0.39, 0.29) is 5.54 Å². The minimum Gasteiger partial charge on any atom is -0.369 e. The van der Waals surface area contributed by atoms with Gasteiger partial charge < -0.3 is 10.2 Å². The average Bonchev–Trinajstić information content (AvgIpc) is 2.32. The van der Waals surface area contributed by atoms with Crippen molar-refractivity contribution in [2.75, 3.05) is 11.9 Å². The van der Waals surface area contributed by atoms with Gasteiger partial charge in [0.15, 0.2) is 0 Å². The molecule has 0 aliphatic heterocycles. The van der Waals surface area contributed by atoms with Crippen LogP contribution in [-0.4, -0.2) is 28.6 Å². The molecule has 0 radical (unpaired) electrons. The molecule has 1 aromatic rings. The Bertz CT molecular complexity index is 472. The SMILES string of the molecule is CC(C)c1ncc(N(C)C2CCC2)c(CNC(C)(C)C)n1. The van der Waals surface area contributed by atoms with Gasteiger partial charge in [0.25, 0.3) is 0 Å². The maximum atomic E-state index is 4.82. The smallest absolute Gasteiger partial charge is 0.131 e. The molecule has 1 fully saturated rings. The molecule has 0 amide bonds. The van der Waals surface area contributed by atoms with Crippen LogP contribution >= 0.6 is 0 Å². The van der Waals surface area contributed by atoms with E-state index < -0.39 is 0 Å². The summed E-state index contributed by atoms with van der Waals surface area (Å²) < 4.78 is 0. The second-order valence-electron chi connectivity index (χ2n) is 7.51. The average molecular weight is 290 g/mol. The maximum absolute atomic E-state index is 4.82. The van der Waals surface area contributed by atoms with E-state index in [0.29, 0.717) is 12.0 Å². The largest absolute Gasteiger partial charge is 0.369 e. The van der Waals surface area contributed by atoms with Gasteiger partial charge in [-0.15, -0.1) is 0 Å². The lowest BCUT2D eigenvalue weighted by molar-refractivity contribution is 0.396. The normalized spacial score (nSPS) is 16.1. The molecular formula is C17H30N4. The number of nitrogens with zero attached hydrogens (tertiary/aromatic N) is 3. The first-order valence-electron chi connectivity index (χ1n) is 8.11. The molecular weight excluding hydrogens is 260 g/mol. The van der Waals surface area contributed by atoms with E-state index in [1.165, 1.54) is 24.9 Å². The van der Waals surface area contributed by atoms with Crippen LogP contribution in [0, 0.1) is 0 Å². The van der Waals surface area contributed by atoms with Crippen LogP contribution in [0.2, 0.25) is 0 Å². The van der Waals surface area contributed by atoms with Crippen molar-refractivity contribution in [2.45, 2.75) is 77.9 Å². The Labute approximate surface area is 129 Å². The lowest BCUT2D eigenvalue weighted by Gasteiger charge is -2.37. The van der Waals surface area contributed by atoms with E-state index in [0.717, 1.165) is 18.1 Å². The fourth-order valence-electron chi connectivity index (χ4n) is 2.45. The summed E-state index contributed by atoms with van der Waals surface area (Å²) in [6.07, 6.45) is 5.93. The standard InChI is InChI=1S/C17H30N4/c1-12(2)16-18-11-15(21(6)13-8-7-9-13)14(20-16)10-19-17(3,4)5/h11-13,19H,7-10H2,1-6H3. The van der Waals surface area contributed by atoms with Crippen molar-refractivity contribution < 1.29 is 0 Å². The Morgan fingerprint density at radius 3 is 2.48 bits per heavy atom. The van der Waals surface area contributed by atoms with Gasteiger partial charge in [-0.3, -0.25) is 0 Å². The van der Waals surface area contributed by atoms with Gasteiger partial charge in [-0.1, -0.05) is 13.8 Å². The van der Waals surface area contributed by atoms with Gasteiger partial charge in [0.1, 0.15) is 5.82 Å². The molecule has 1 heterocycles. The highest BCUT2D eigenvalue weighted by Gasteiger charge is 2.25. The van der Waals surface area contributed by atoms with Crippen molar-refractivity contribution in [3.05, 3.63) is 17.7 Å². The molecule has 1 aliphatic carbocycles. The molecule has 1 aromatic heterocycles. The molecule has 4 heteroatoms. The number of rotatable bonds is 5. The molecule has 1 aliphatic rings. The second kappa shape index (κ2) is 6.30. The van der Waals surface area contributed by atoms with Crippen LogP contribution < -0.4 is 10.2 Å². The summed E-state index contributed by atoms with van der Waals surface area (Å²) in [4.78, 5) is 11.8. The Balaban J connectivity index is 2.24. The Morgan fingerprint density at radius 2 is 2.00 bits per heavy atom. The quantitative estimate of drug-likeness (QED) is 0.901. The summed E-state index contributed by atoms with van der Waals surface area (Å²) in [6.45, 7) is 11.6. The third kappa shape index (κ3) is 4.16. The molecule has 0 bridgehead atoms. The Morgan fingerprint density at radius 1 is 1.33 bits per heavy atom. The summed E-state index contributed by atoms with van der Waals surface area (Å²) in [5, 5.41) is 3.56. The zero-order valence-electron chi connectivity index (χ0n) is 14.4. The highest BCUT2D eigenvalue weighted by Crippen LogP contribution is 2.30. The van der Waals surface area contributed by atoms with E-state index >= 15 is 0 Å². The minimum atomic E-state index is 0.0925. The van der Waals surface area contributed by atoms with Gasteiger partial charge in [-0.05, 0) is 40.0 Å². The highest BCUT2D eigenvalue weighted by molar-refractivity contribution is 5.50. The maximum Gasteiger partial charge on any atom is 0.131 e. The van der Waals surface area contributed by atoms with E-state index in [2.05, 4.69) is 56.9 Å². The fourth-order valence-corrected chi connectivity index (χ4v) is 2.45. The first-order chi connectivity index (χ1) is 9.78. The van der Waals surface area contributed by atoms with Crippen molar-refractivity contribution in [3.63, 3.8) is 0 Å². The first-order valence-corrected chi connectivity index (χ1v) is 8.11. The second-order valence-corrected chi connectivity index (χ2v) is 7.51. The molecule has 4 nitrogen and oxygen atoms in total. The van der Waals surface area contributed by atoms with E-state index in [1.54, 1.807) is 0 Å². The number of nitrogens with one attached hydrogen (secondary N) is 1. The number of hydrogen-bond donors (Lipinski definition) is 1. The van der Waals surface area contributed by atoms with Gasteiger partial charge >= 0.3 is 0 Å². The van der Waals surface area contributed by atoms with Crippen molar-refractivity contribution in [1.82, 2.24) is 15.3 Å². The monoisotopic (exact) mass is 290 g/mol. The van der Waals surface area contributed by atoms with E-state index in [1.807, 2.05) is 6.20 Å². The number of anilines is 1. The Kier molecular flexibility index (Phi) is 4.87. The summed E-state index contributed by atoms with van der Waals surface area (Å²) in [5.74, 6) is 1.30. The van der Waals surface area contributed by atoms with Crippen molar-refractivity contribution in [2.24, 2.45) is 0 Å². The van der Waals surface area contributed by atoms with Gasteiger partial charge in [0.2, 0.25) is 0 Å². The zero-order valence-corrected chi connectivity index (χ0v) is 14.4. The topological polar surface area (TPSA) is 41.1 Å². The predicted octanol–water partition coefficient (Wildman–Crippen LogP) is 3.48. The van der Waals surface area contributed by atoms with Crippen molar-refractivity contribution in [1.29, 1.82) is 0 Å². The fraction of sp³-hybridized carbons (Fsp3) is 0.765. The highest BCUT2D eigenvalue weighted by atomic mass is 15.2. The number of hydrogen-bond acceptors (Lipinski definition) is 4. The van der Waals surface area contributed by atoms with Crippen molar-refractivity contribution >= 4 is 5.69 Å². The summed E-state index contributed by atoms with van der Waals surface area (Å²) in [6, 6.07) is 0.659. The van der Waals surface area contributed by atoms with Crippen LogP contribution in [0.25, 0.3) is 0 Å². The molecule has 2 rings (SSSR count). The molecule has 21 heavy (non-hydrogen) atoms. The van der Waals surface area contributed by atoms with E-state index in [4.69, 9.17) is 4.98 Å². The van der Waals surface area contributed by atoms with Gasteiger partial charge in [0.05, 0.1) is 17.6 Å². The van der Waals surface area contributed by atoms with Crippen LogP contribution in [0.4, 0.5) is 5.69 Å². The summed E-state index contributed by atoms with van der Waals surface area (Å²) in [7, 11) is 2.18. The van der Waals surface area contributed by atoms with Gasteiger partial charge in [-0.25, -0.2) is 9.97 Å². The lowest BCUT2D eigenvalue weighted by Crippen LogP contribution is -2.39. The minimum absolute atomic E-state index is 0.0925. The van der Waals surface area contributed by atoms with Crippen LogP contribution in [0.3, 0.4) is 0 Å². The molecule has 1 saturated carbocycles. The number of aromatic nitrogens is 2. The van der Waals surface area contributed by atoms with Crippen LogP contribution in [0.15, 0.2) is 6.20 Å². The molecule has 0 saturated heterocycles. The summed E-state index contributed by atoms with van der Waals surface area (Å²) >= 11 is 0. The van der Waals surface area contributed by atoms with E-state index in [9.17, 15) is 0 Å². The van der Waals surface area contributed by atoms with Gasteiger partial charge in [0, 0.05) is 31.1 Å². The molecule has 0 atom stereocenters. The zero-order chi connectivity index (χ0) is 15.6. The molecule has 0 aromatic carbocycles. The lowest BCUT2D eigenvalue weighted by atomic mass is 9.91. The predicted molar refractivity (Wildman–Crippen MR) is 88.8 cm³/mol. The molecule has 0 unspecified atom stereocenters. The molecule has 1 N–H and O–H groups in total. The summed E-state index contributed by atoms with van der Waals surface area (Å²) in [5.41, 5.74) is 2.40. The third-order valence-electron chi connectivity index (χ3n) is 4.17. The van der Waals surface area contributed by atoms with Crippen molar-refractivity contribution in [3.8, 4) is 0 Å². The van der Waals surface area contributed by atoms with Crippen LogP contribution in [-0.2, 0) is 6.54 Å². The van der Waals surface area contributed by atoms with Crippen LogP contribution in [0.5, 0.6) is 0 Å². The molecule has 118 valence electrons. The Hall–Kier alpha value is -1.16. The van der Waals surface area contributed by atoms with Crippen LogP contribution in [0.1, 0.15) is 71.3 Å². The first kappa shape index (κ1) is 16.2.